The molecule has 15 heavy (non-hydrogen) atoms. The van der Waals surface area contributed by atoms with Crippen molar-refractivity contribution in [3.8, 4) is 5.75 Å². The van der Waals surface area contributed by atoms with E-state index in [1.165, 1.54) is 13.0 Å². The maximum Gasteiger partial charge on any atom is 0.387 e. The minimum Gasteiger partial charge on any atom is -0.435 e. The minimum absolute atomic E-state index is 0.0719. The van der Waals surface area contributed by atoms with Crippen LogP contribution in [0.5, 0.6) is 5.75 Å². The van der Waals surface area contributed by atoms with Gasteiger partial charge in [0, 0.05) is 0 Å². The maximum absolute atomic E-state index is 11.9. The van der Waals surface area contributed by atoms with Crippen molar-refractivity contribution in [3.63, 3.8) is 0 Å². The predicted octanol–water partition coefficient (Wildman–Crippen LogP) is 1.24. The number of sulfonamides is 1. The highest BCUT2D eigenvalue weighted by molar-refractivity contribution is 7.89. The second-order valence-electron chi connectivity index (χ2n) is 2.85. The largest absolute Gasteiger partial charge is 0.435 e. The average molecular weight is 237 g/mol. The van der Waals surface area contributed by atoms with E-state index in [1.54, 1.807) is 0 Å². The topological polar surface area (TPSA) is 69.4 Å². The lowest BCUT2D eigenvalue weighted by atomic mass is 10.2. The third kappa shape index (κ3) is 3.14. The van der Waals surface area contributed by atoms with Gasteiger partial charge in [0.05, 0.1) is 4.90 Å². The van der Waals surface area contributed by atoms with Gasteiger partial charge >= 0.3 is 6.61 Å². The van der Waals surface area contributed by atoms with E-state index in [0.717, 1.165) is 12.1 Å². The molecule has 0 atom stereocenters. The molecular formula is C8H9F2NO3S. The summed E-state index contributed by atoms with van der Waals surface area (Å²) in [6.07, 6.45) is 0. The molecule has 0 spiro atoms. The second-order valence-corrected chi connectivity index (χ2v) is 4.41. The number of rotatable bonds is 3. The van der Waals surface area contributed by atoms with Crippen molar-refractivity contribution in [2.45, 2.75) is 18.4 Å². The van der Waals surface area contributed by atoms with Crippen LogP contribution in [0.4, 0.5) is 8.78 Å². The van der Waals surface area contributed by atoms with Gasteiger partial charge in [-0.05, 0) is 30.7 Å². The molecule has 4 nitrogen and oxygen atoms in total. The van der Waals surface area contributed by atoms with Crippen molar-refractivity contribution in [2.24, 2.45) is 5.14 Å². The van der Waals surface area contributed by atoms with Gasteiger partial charge in [-0.15, -0.1) is 0 Å². The summed E-state index contributed by atoms with van der Waals surface area (Å²) < 4.78 is 49.7. The highest BCUT2D eigenvalue weighted by Gasteiger charge is 2.12. The van der Waals surface area contributed by atoms with E-state index < -0.39 is 16.6 Å². The van der Waals surface area contributed by atoms with Crippen LogP contribution in [-0.4, -0.2) is 15.0 Å². The normalized spacial score (nSPS) is 11.8. The van der Waals surface area contributed by atoms with Crippen LogP contribution in [0.15, 0.2) is 23.1 Å². The molecule has 7 heteroatoms. The fourth-order valence-corrected chi connectivity index (χ4v) is 1.63. The number of alkyl halides is 2. The van der Waals surface area contributed by atoms with Gasteiger partial charge in [-0.2, -0.15) is 8.78 Å². The van der Waals surface area contributed by atoms with Gasteiger partial charge in [0.15, 0.2) is 0 Å². The summed E-state index contributed by atoms with van der Waals surface area (Å²) in [5, 5.41) is 4.86. The fraction of sp³-hybridized carbons (Fsp3) is 0.250. The lowest BCUT2D eigenvalue weighted by molar-refractivity contribution is -0.0503. The van der Waals surface area contributed by atoms with Crippen molar-refractivity contribution in [1.82, 2.24) is 0 Å². The van der Waals surface area contributed by atoms with E-state index in [4.69, 9.17) is 5.14 Å². The molecule has 0 aliphatic rings. The maximum atomic E-state index is 11.9. The summed E-state index contributed by atoms with van der Waals surface area (Å²) in [5.74, 6) is -0.0719. The number of aryl methyl sites for hydroxylation is 1. The van der Waals surface area contributed by atoms with Crippen LogP contribution >= 0.6 is 0 Å². The van der Waals surface area contributed by atoms with Gasteiger partial charge in [0.25, 0.3) is 0 Å². The Kier molecular flexibility index (Phi) is 3.25. The van der Waals surface area contributed by atoms with Crippen molar-refractivity contribution in [1.29, 1.82) is 0 Å². The van der Waals surface area contributed by atoms with Crippen molar-refractivity contribution in [2.75, 3.05) is 0 Å². The van der Waals surface area contributed by atoms with Gasteiger partial charge in [0.2, 0.25) is 10.0 Å². The summed E-state index contributed by atoms with van der Waals surface area (Å²) in [5.41, 5.74) is 0.279. The molecule has 0 saturated carbocycles. The quantitative estimate of drug-likeness (QED) is 0.859. The molecule has 0 aromatic heterocycles. The Balaban J connectivity index is 3.09. The molecule has 0 saturated heterocycles. The number of hydrogen-bond acceptors (Lipinski definition) is 3. The fourth-order valence-electron chi connectivity index (χ4n) is 1.03. The Labute approximate surface area is 85.7 Å². The second kappa shape index (κ2) is 4.11. The first kappa shape index (κ1) is 11.9. The van der Waals surface area contributed by atoms with E-state index in [9.17, 15) is 17.2 Å². The van der Waals surface area contributed by atoms with E-state index >= 15 is 0 Å². The number of ether oxygens (including phenoxy) is 1. The number of hydrogen-bond donors (Lipinski definition) is 1. The molecule has 1 rings (SSSR count). The summed E-state index contributed by atoms with van der Waals surface area (Å²) in [4.78, 5) is -0.137. The third-order valence-corrected chi connectivity index (χ3v) is 2.60. The van der Waals surface area contributed by atoms with Crippen LogP contribution in [0, 0.1) is 6.92 Å². The molecule has 1 aromatic carbocycles. The van der Waals surface area contributed by atoms with Crippen LogP contribution in [-0.2, 0) is 10.0 Å². The smallest absolute Gasteiger partial charge is 0.387 e. The molecule has 0 aliphatic carbocycles. The lowest BCUT2D eigenvalue weighted by Gasteiger charge is -2.08. The minimum atomic E-state index is -3.81. The van der Waals surface area contributed by atoms with Gasteiger partial charge in [-0.25, -0.2) is 13.6 Å². The molecule has 0 fully saturated rings. The zero-order chi connectivity index (χ0) is 11.6. The summed E-state index contributed by atoms with van der Waals surface area (Å²) in [6, 6.07) is 3.42. The summed E-state index contributed by atoms with van der Waals surface area (Å²) in [7, 11) is -3.81. The van der Waals surface area contributed by atoms with Gasteiger partial charge in [0.1, 0.15) is 5.75 Å². The lowest BCUT2D eigenvalue weighted by Crippen LogP contribution is -2.12. The molecule has 0 bridgehead atoms. The SMILES string of the molecule is Cc1cc(S(N)(=O)=O)ccc1OC(F)F. The average Bonchev–Trinajstić information content (AvgIpc) is 2.05. The van der Waals surface area contributed by atoms with E-state index in [-0.39, 0.29) is 16.2 Å². The number of nitrogens with two attached hydrogens (primary N) is 1. The first-order valence-electron chi connectivity index (χ1n) is 3.89. The number of benzene rings is 1. The van der Waals surface area contributed by atoms with Gasteiger partial charge < -0.3 is 4.74 Å². The van der Waals surface area contributed by atoms with E-state index in [1.807, 2.05) is 0 Å². The Morgan fingerprint density at radius 3 is 2.40 bits per heavy atom. The monoisotopic (exact) mass is 237 g/mol. The zero-order valence-corrected chi connectivity index (χ0v) is 8.59. The van der Waals surface area contributed by atoms with Crippen LogP contribution in [0.2, 0.25) is 0 Å². The van der Waals surface area contributed by atoms with Crippen molar-refractivity contribution >= 4 is 10.0 Å². The number of primary sulfonamides is 1. The zero-order valence-electron chi connectivity index (χ0n) is 7.78. The van der Waals surface area contributed by atoms with E-state index in [0.29, 0.717) is 0 Å². The first-order chi connectivity index (χ1) is 6.80. The van der Waals surface area contributed by atoms with Crippen LogP contribution in [0.1, 0.15) is 5.56 Å². The summed E-state index contributed by atoms with van der Waals surface area (Å²) in [6.45, 7) is -1.49. The molecule has 0 heterocycles. The molecule has 0 unspecified atom stereocenters. The van der Waals surface area contributed by atoms with Gasteiger partial charge in [-0.1, -0.05) is 0 Å². The Bertz CT molecular complexity index is 459. The first-order valence-corrected chi connectivity index (χ1v) is 5.43. The summed E-state index contributed by atoms with van der Waals surface area (Å²) >= 11 is 0. The standard InChI is InChI=1S/C8H9F2NO3S/c1-5-4-6(15(11,12)13)2-3-7(5)14-8(9)10/h2-4,8H,1H3,(H2,11,12,13). The van der Waals surface area contributed by atoms with Gasteiger partial charge in [-0.3, -0.25) is 0 Å². The Morgan fingerprint density at radius 1 is 1.40 bits per heavy atom. The predicted molar refractivity (Wildman–Crippen MR) is 49.2 cm³/mol. The van der Waals surface area contributed by atoms with Crippen molar-refractivity contribution < 1.29 is 21.9 Å². The Morgan fingerprint density at radius 2 is 2.00 bits per heavy atom. The molecule has 0 amide bonds. The van der Waals surface area contributed by atoms with Crippen molar-refractivity contribution in [3.05, 3.63) is 23.8 Å². The highest BCUT2D eigenvalue weighted by Crippen LogP contribution is 2.22. The van der Waals surface area contributed by atoms with Crippen LogP contribution in [0.3, 0.4) is 0 Å². The van der Waals surface area contributed by atoms with Crippen LogP contribution in [0.25, 0.3) is 0 Å². The molecule has 0 aliphatic heterocycles. The molecular weight excluding hydrogens is 228 g/mol. The van der Waals surface area contributed by atoms with Crippen LogP contribution < -0.4 is 9.88 Å². The number of halogens is 2. The molecule has 84 valence electrons. The molecule has 0 radical (unpaired) electrons. The third-order valence-electron chi connectivity index (χ3n) is 1.69. The molecule has 2 N–H and O–H groups in total. The van der Waals surface area contributed by atoms with E-state index in [2.05, 4.69) is 4.74 Å². The highest BCUT2D eigenvalue weighted by atomic mass is 32.2. The molecule has 1 aromatic rings. The Hall–Kier alpha value is -1.21.